The topological polar surface area (TPSA) is 66.8 Å². The Kier molecular flexibility index (Phi) is 3.12. The van der Waals surface area contributed by atoms with Crippen LogP contribution in [-0.2, 0) is 11.3 Å². The van der Waals surface area contributed by atoms with Gasteiger partial charge in [-0.15, -0.1) is 0 Å². The van der Waals surface area contributed by atoms with Gasteiger partial charge in [-0.3, -0.25) is 14.5 Å². The molecule has 6 nitrogen and oxygen atoms in total. The molecule has 0 aliphatic carbocycles. The molecule has 3 heterocycles. The first-order valence-corrected chi connectivity index (χ1v) is 6.52. The Morgan fingerprint density at radius 2 is 2.32 bits per heavy atom. The molecular formula is C12H13N5OS. The zero-order chi connectivity index (χ0) is 13.2. The summed E-state index contributed by atoms with van der Waals surface area (Å²) in [5.74, 6) is 1.59. The van der Waals surface area contributed by atoms with Crippen molar-refractivity contribution in [2.24, 2.45) is 0 Å². The van der Waals surface area contributed by atoms with Crippen LogP contribution in [0.25, 0.3) is 5.82 Å². The first-order chi connectivity index (χ1) is 9.25. The number of H-pyrrole nitrogens is 1. The van der Waals surface area contributed by atoms with E-state index in [9.17, 15) is 4.79 Å². The highest BCUT2D eigenvalue weighted by molar-refractivity contribution is 7.71. The van der Waals surface area contributed by atoms with Gasteiger partial charge in [-0.1, -0.05) is 6.07 Å². The van der Waals surface area contributed by atoms with E-state index >= 15 is 0 Å². The van der Waals surface area contributed by atoms with Crippen LogP contribution in [0.3, 0.4) is 0 Å². The summed E-state index contributed by atoms with van der Waals surface area (Å²) in [5, 5.41) is 6.96. The van der Waals surface area contributed by atoms with E-state index in [0.717, 1.165) is 13.0 Å². The summed E-state index contributed by atoms with van der Waals surface area (Å²) in [6.07, 6.45) is 3.23. The monoisotopic (exact) mass is 275 g/mol. The standard InChI is InChI=1S/C12H13N5OS/c18-11-5-3-7-16(11)8-10-14-15-12(19)17(10)9-4-1-2-6-13-9/h1-2,4,6H,3,5,7-8H2,(H,15,19). The zero-order valence-electron chi connectivity index (χ0n) is 10.2. The second-order valence-electron chi connectivity index (χ2n) is 4.39. The first kappa shape index (κ1) is 12.0. The number of aromatic nitrogens is 4. The fourth-order valence-electron chi connectivity index (χ4n) is 2.20. The summed E-state index contributed by atoms with van der Waals surface area (Å²) in [6, 6.07) is 5.60. The minimum atomic E-state index is 0.168. The minimum Gasteiger partial charge on any atom is -0.335 e. The normalized spacial score (nSPS) is 15.2. The molecule has 2 aromatic rings. The molecule has 0 saturated carbocycles. The van der Waals surface area contributed by atoms with Gasteiger partial charge in [-0.2, -0.15) is 5.10 Å². The Bertz CT molecular complexity index is 648. The Morgan fingerprint density at radius 3 is 3.00 bits per heavy atom. The minimum absolute atomic E-state index is 0.168. The average Bonchev–Trinajstić information content (AvgIpc) is 2.98. The van der Waals surface area contributed by atoms with Crippen molar-refractivity contribution in [1.82, 2.24) is 24.6 Å². The van der Waals surface area contributed by atoms with Crippen LogP contribution in [0.1, 0.15) is 18.7 Å². The number of carbonyl (C=O) groups excluding carboxylic acids is 1. The highest BCUT2D eigenvalue weighted by Crippen LogP contribution is 2.15. The van der Waals surface area contributed by atoms with Gasteiger partial charge in [0.05, 0.1) is 6.54 Å². The third kappa shape index (κ3) is 2.28. The van der Waals surface area contributed by atoms with Crippen molar-refractivity contribution in [1.29, 1.82) is 0 Å². The van der Waals surface area contributed by atoms with Gasteiger partial charge >= 0.3 is 0 Å². The highest BCUT2D eigenvalue weighted by Gasteiger charge is 2.22. The van der Waals surface area contributed by atoms with Crippen LogP contribution in [0.2, 0.25) is 0 Å². The second-order valence-corrected chi connectivity index (χ2v) is 4.77. The molecule has 2 aromatic heterocycles. The number of likely N-dealkylation sites (tertiary alicyclic amines) is 1. The Morgan fingerprint density at radius 1 is 1.42 bits per heavy atom. The predicted octanol–water partition coefficient (Wildman–Crippen LogP) is 1.45. The predicted molar refractivity (Wildman–Crippen MR) is 71.2 cm³/mol. The third-order valence-electron chi connectivity index (χ3n) is 3.12. The van der Waals surface area contributed by atoms with Crippen LogP contribution < -0.4 is 0 Å². The Balaban J connectivity index is 1.95. The van der Waals surface area contributed by atoms with E-state index in [0.29, 0.717) is 29.4 Å². The molecule has 1 amide bonds. The van der Waals surface area contributed by atoms with Crippen molar-refractivity contribution in [2.45, 2.75) is 19.4 Å². The first-order valence-electron chi connectivity index (χ1n) is 6.11. The molecule has 3 rings (SSSR count). The number of aromatic amines is 1. The summed E-state index contributed by atoms with van der Waals surface area (Å²) in [5.41, 5.74) is 0. The van der Waals surface area contributed by atoms with E-state index in [2.05, 4.69) is 15.2 Å². The highest BCUT2D eigenvalue weighted by atomic mass is 32.1. The zero-order valence-corrected chi connectivity index (χ0v) is 11.1. The summed E-state index contributed by atoms with van der Waals surface area (Å²) in [6.45, 7) is 1.24. The van der Waals surface area contributed by atoms with Crippen LogP contribution in [0.4, 0.5) is 0 Å². The van der Waals surface area contributed by atoms with E-state index in [-0.39, 0.29) is 5.91 Å². The molecule has 0 atom stereocenters. The lowest BCUT2D eigenvalue weighted by Crippen LogP contribution is -2.25. The smallest absolute Gasteiger partial charge is 0.223 e. The van der Waals surface area contributed by atoms with Gasteiger partial charge < -0.3 is 4.90 Å². The molecule has 0 unspecified atom stereocenters. The van der Waals surface area contributed by atoms with Crippen LogP contribution in [-0.4, -0.2) is 37.1 Å². The lowest BCUT2D eigenvalue weighted by molar-refractivity contribution is -0.128. The largest absolute Gasteiger partial charge is 0.335 e. The molecule has 7 heteroatoms. The summed E-state index contributed by atoms with van der Waals surface area (Å²) < 4.78 is 2.25. The summed E-state index contributed by atoms with van der Waals surface area (Å²) in [4.78, 5) is 17.7. The lowest BCUT2D eigenvalue weighted by Gasteiger charge is -2.15. The molecule has 0 aromatic carbocycles. The fraction of sp³-hybridized carbons (Fsp3) is 0.333. The number of hydrogen-bond donors (Lipinski definition) is 1. The van der Waals surface area contributed by atoms with Crippen LogP contribution >= 0.6 is 12.2 Å². The maximum absolute atomic E-state index is 11.7. The molecule has 19 heavy (non-hydrogen) atoms. The van der Waals surface area contributed by atoms with E-state index in [4.69, 9.17) is 12.2 Å². The number of nitrogens with one attached hydrogen (secondary N) is 1. The van der Waals surface area contributed by atoms with Gasteiger partial charge in [0.1, 0.15) is 5.82 Å². The molecule has 1 aliphatic rings. The van der Waals surface area contributed by atoms with E-state index < -0.39 is 0 Å². The number of rotatable bonds is 3. The van der Waals surface area contributed by atoms with Crippen LogP contribution in [0, 0.1) is 4.77 Å². The molecule has 0 spiro atoms. The Labute approximate surface area is 115 Å². The molecule has 98 valence electrons. The molecule has 1 aliphatic heterocycles. The second kappa shape index (κ2) is 4.93. The summed E-state index contributed by atoms with van der Waals surface area (Å²) >= 11 is 5.23. The molecular weight excluding hydrogens is 262 g/mol. The van der Waals surface area contributed by atoms with Gasteiger partial charge in [0, 0.05) is 19.2 Å². The Hall–Kier alpha value is -2.02. The van der Waals surface area contributed by atoms with Crippen molar-refractivity contribution in [3.63, 3.8) is 0 Å². The SMILES string of the molecule is O=C1CCCN1Cc1n[nH]c(=S)n1-c1ccccn1. The van der Waals surface area contributed by atoms with Gasteiger partial charge in [-0.05, 0) is 30.8 Å². The van der Waals surface area contributed by atoms with Crippen molar-refractivity contribution in [2.75, 3.05) is 6.54 Å². The molecule has 1 saturated heterocycles. The number of nitrogens with zero attached hydrogens (tertiary/aromatic N) is 4. The fourth-order valence-corrected chi connectivity index (χ4v) is 2.44. The molecule has 0 bridgehead atoms. The van der Waals surface area contributed by atoms with E-state index in [1.165, 1.54) is 0 Å². The molecule has 1 fully saturated rings. The maximum atomic E-state index is 11.7. The van der Waals surface area contributed by atoms with Crippen LogP contribution in [0.5, 0.6) is 0 Å². The van der Waals surface area contributed by atoms with E-state index in [1.54, 1.807) is 15.7 Å². The van der Waals surface area contributed by atoms with E-state index in [1.807, 2.05) is 18.2 Å². The number of hydrogen-bond acceptors (Lipinski definition) is 4. The van der Waals surface area contributed by atoms with Crippen molar-refractivity contribution in [3.8, 4) is 5.82 Å². The van der Waals surface area contributed by atoms with Gasteiger partial charge in [0.15, 0.2) is 5.82 Å². The van der Waals surface area contributed by atoms with Gasteiger partial charge in [0.2, 0.25) is 10.7 Å². The third-order valence-corrected chi connectivity index (χ3v) is 3.40. The molecule has 0 radical (unpaired) electrons. The average molecular weight is 275 g/mol. The number of carbonyl (C=O) groups is 1. The van der Waals surface area contributed by atoms with Gasteiger partial charge in [0.25, 0.3) is 0 Å². The quantitative estimate of drug-likeness (QED) is 0.861. The number of pyridine rings is 1. The van der Waals surface area contributed by atoms with Crippen LogP contribution in [0.15, 0.2) is 24.4 Å². The lowest BCUT2D eigenvalue weighted by atomic mass is 10.4. The van der Waals surface area contributed by atoms with Crippen molar-refractivity contribution < 1.29 is 4.79 Å². The number of amides is 1. The summed E-state index contributed by atoms with van der Waals surface area (Å²) in [7, 11) is 0. The van der Waals surface area contributed by atoms with Crippen molar-refractivity contribution >= 4 is 18.1 Å². The van der Waals surface area contributed by atoms with Crippen molar-refractivity contribution in [3.05, 3.63) is 35.0 Å². The molecule has 1 N–H and O–H groups in total. The van der Waals surface area contributed by atoms with Gasteiger partial charge in [-0.25, -0.2) is 4.98 Å². The maximum Gasteiger partial charge on any atom is 0.223 e.